The summed E-state index contributed by atoms with van der Waals surface area (Å²) in [4.78, 5) is 0. The van der Waals surface area contributed by atoms with Gasteiger partial charge in [-0.15, -0.1) is 39.6 Å². The average molecular weight is 412 g/mol. The summed E-state index contributed by atoms with van der Waals surface area (Å²) in [5, 5.41) is 2.81. The standard InChI is InChI=1S/C16H15.C3H6.2ClH.Zr/c1-11-6-5-9-14-10-15(12(2)16(11)14)13-7-3-4-8-13;1-3-2;;;/h3-7,9-10H,8H2,1-2H3;1-2H3;2*1H;/q-1;;;;+2/p-2. The Bertz CT molecular complexity index is 702. The Morgan fingerprint density at radius 3 is 2.27 bits per heavy atom. The maximum absolute atomic E-state index is 2.33. The summed E-state index contributed by atoms with van der Waals surface area (Å²) in [6.45, 7) is 8.68. The van der Waals surface area contributed by atoms with Gasteiger partial charge in [-0.2, -0.15) is 0 Å². The predicted molar refractivity (Wildman–Crippen MR) is 87.1 cm³/mol. The molecule has 22 heavy (non-hydrogen) atoms. The van der Waals surface area contributed by atoms with Crippen LogP contribution in [0.4, 0.5) is 0 Å². The van der Waals surface area contributed by atoms with E-state index in [2.05, 4.69) is 70.2 Å². The van der Waals surface area contributed by atoms with Crippen LogP contribution in [-0.2, 0) is 24.2 Å². The van der Waals surface area contributed by atoms with Gasteiger partial charge in [-0.05, 0) is 13.3 Å². The van der Waals surface area contributed by atoms with Gasteiger partial charge in [-0.25, -0.2) is 0 Å². The molecule has 0 bridgehead atoms. The van der Waals surface area contributed by atoms with Gasteiger partial charge in [0, 0.05) is 0 Å². The number of fused-ring (bicyclic) bond motifs is 1. The van der Waals surface area contributed by atoms with Crippen LogP contribution in [0.5, 0.6) is 0 Å². The molecule has 0 radical (unpaired) electrons. The van der Waals surface area contributed by atoms with E-state index in [0.29, 0.717) is 0 Å². The minimum Gasteiger partial charge on any atom is -1.00 e. The van der Waals surface area contributed by atoms with Crippen molar-refractivity contribution in [2.45, 2.75) is 34.1 Å². The number of halogens is 2. The molecule has 3 rings (SSSR count). The molecule has 0 heterocycles. The van der Waals surface area contributed by atoms with Crippen molar-refractivity contribution < 1.29 is 49.0 Å². The summed E-state index contributed by atoms with van der Waals surface area (Å²) in [5.74, 6) is 0. The second kappa shape index (κ2) is 9.71. The molecule has 116 valence electrons. The van der Waals surface area contributed by atoms with Crippen LogP contribution < -0.4 is 24.8 Å². The first-order valence-corrected chi connectivity index (χ1v) is 8.27. The van der Waals surface area contributed by atoms with Crippen LogP contribution in [0.3, 0.4) is 0 Å². The molecule has 0 amide bonds. The van der Waals surface area contributed by atoms with Gasteiger partial charge < -0.3 is 24.8 Å². The number of aryl methyl sites for hydroxylation is 2. The zero-order valence-corrected chi connectivity index (χ0v) is 17.5. The van der Waals surface area contributed by atoms with E-state index in [0.717, 1.165) is 6.42 Å². The third-order valence-corrected chi connectivity index (χ3v) is 3.50. The van der Waals surface area contributed by atoms with Crippen molar-refractivity contribution in [3.63, 3.8) is 0 Å². The summed E-state index contributed by atoms with van der Waals surface area (Å²) in [6, 6.07) is 8.88. The van der Waals surface area contributed by atoms with Gasteiger partial charge in [0.15, 0.2) is 0 Å². The molecule has 2 aromatic rings. The number of benzene rings is 1. The fraction of sp³-hybridized carbons (Fsp3) is 0.263. The molecule has 0 nitrogen and oxygen atoms in total. The van der Waals surface area contributed by atoms with Gasteiger partial charge in [0.25, 0.3) is 0 Å². The smallest absolute Gasteiger partial charge is 0.0365 e. The first-order chi connectivity index (χ1) is 9.50. The summed E-state index contributed by atoms with van der Waals surface area (Å²) >= 11 is 1.55. The molecule has 0 spiro atoms. The van der Waals surface area contributed by atoms with Crippen LogP contribution in [0.1, 0.15) is 37.0 Å². The molecule has 1 aliphatic rings. The zero-order chi connectivity index (χ0) is 14.7. The third kappa shape index (κ3) is 5.08. The fourth-order valence-electron chi connectivity index (χ4n) is 2.70. The molecule has 0 saturated heterocycles. The average Bonchev–Trinajstić information content (AvgIpc) is 2.97. The largest absolute Gasteiger partial charge is 1.00 e. The molecule has 0 aromatic heterocycles. The number of allylic oxidation sites excluding steroid dienone is 4. The Labute approximate surface area is 161 Å². The second-order valence-corrected chi connectivity index (χ2v) is 8.00. The van der Waals surface area contributed by atoms with Gasteiger partial charge in [-0.1, -0.05) is 42.8 Å². The van der Waals surface area contributed by atoms with Crippen LogP contribution in [0.2, 0.25) is 0 Å². The first kappa shape index (κ1) is 21.6. The van der Waals surface area contributed by atoms with Gasteiger partial charge in [0.1, 0.15) is 0 Å². The molecule has 0 fully saturated rings. The fourth-order valence-corrected chi connectivity index (χ4v) is 2.70. The molecule has 0 saturated carbocycles. The molecule has 0 atom stereocenters. The number of hydrogen-bond acceptors (Lipinski definition) is 0. The Morgan fingerprint density at radius 1 is 1.14 bits per heavy atom. The van der Waals surface area contributed by atoms with Crippen molar-refractivity contribution in [3.8, 4) is 0 Å². The molecule has 2 aromatic carbocycles. The van der Waals surface area contributed by atoms with E-state index in [1.165, 1.54) is 36.2 Å². The van der Waals surface area contributed by atoms with Gasteiger partial charge in [0.2, 0.25) is 0 Å². The molecule has 1 aliphatic carbocycles. The van der Waals surface area contributed by atoms with Crippen LogP contribution in [-0.4, -0.2) is 3.21 Å². The van der Waals surface area contributed by atoms with Gasteiger partial charge >= 0.3 is 41.3 Å². The molecule has 3 heteroatoms. The topological polar surface area (TPSA) is 0 Å². The predicted octanol–water partition coefficient (Wildman–Crippen LogP) is -0.728. The summed E-state index contributed by atoms with van der Waals surface area (Å²) in [6.07, 6.45) is 7.69. The molecule has 0 unspecified atom stereocenters. The number of rotatable bonds is 1. The van der Waals surface area contributed by atoms with E-state index in [1.807, 2.05) is 0 Å². The first-order valence-electron chi connectivity index (χ1n) is 7.04. The second-order valence-electron chi connectivity index (χ2n) is 5.55. The quantitative estimate of drug-likeness (QED) is 0.543. The van der Waals surface area contributed by atoms with Crippen molar-refractivity contribution in [3.05, 3.63) is 59.2 Å². The molecule has 0 aliphatic heterocycles. The SMILES string of the molecule is C[C](C)=[Zr+2].Cc1cccc2[cH-]c(C3=CC=CC3)c(C)c12.[Cl-].[Cl-]. The molecular formula is C19H21Cl2Zr-. The van der Waals surface area contributed by atoms with Gasteiger partial charge in [-0.3, -0.25) is 0 Å². The van der Waals surface area contributed by atoms with Crippen molar-refractivity contribution in [1.82, 2.24) is 0 Å². The number of hydrogen-bond donors (Lipinski definition) is 0. The van der Waals surface area contributed by atoms with Crippen molar-refractivity contribution in [2.75, 3.05) is 0 Å². The third-order valence-electron chi connectivity index (χ3n) is 3.50. The van der Waals surface area contributed by atoms with Crippen LogP contribution >= 0.6 is 0 Å². The molecule has 0 N–H and O–H groups in total. The Hall–Kier alpha value is -0.357. The maximum Gasteiger partial charge on any atom is -0.0365 e. The van der Waals surface area contributed by atoms with E-state index in [1.54, 1.807) is 24.2 Å². The maximum atomic E-state index is 2.33. The van der Waals surface area contributed by atoms with Crippen molar-refractivity contribution in [2.24, 2.45) is 0 Å². The Balaban J connectivity index is 0.000000665. The van der Waals surface area contributed by atoms with E-state index in [9.17, 15) is 0 Å². The van der Waals surface area contributed by atoms with Crippen LogP contribution in [0.15, 0.2) is 42.5 Å². The van der Waals surface area contributed by atoms with E-state index in [-0.39, 0.29) is 24.8 Å². The van der Waals surface area contributed by atoms with Crippen molar-refractivity contribution >= 4 is 19.6 Å². The summed E-state index contributed by atoms with van der Waals surface area (Å²) in [7, 11) is 0. The summed E-state index contributed by atoms with van der Waals surface area (Å²) < 4.78 is 1.51. The summed E-state index contributed by atoms with van der Waals surface area (Å²) in [5.41, 5.74) is 5.69. The monoisotopic (exact) mass is 409 g/mol. The van der Waals surface area contributed by atoms with Crippen LogP contribution in [0.25, 0.3) is 16.3 Å². The van der Waals surface area contributed by atoms with E-state index < -0.39 is 0 Å². The Kier molecular flexibility index (Phi) is 9.55. The van der Waals surface area contributed by atoms with E-state index >= 15 is 0 Å². The van der Waals surface area contributed by atoms with Crippen molar-refractivity contribution in [1.29, 1.82) is 0 Å². The van der Waals surface area contributed by atoms with E-state index in [4.69, 9.17) is 0 Å². The minimum absolute atomic E-state index is 0. The van der Waals surface area contributed by atoms with Gasteiger partial charge in [0.05, 0.1) is 0 Å². The van der Waals surface area contributed by atoms with Crippen LogP contribution in [0, 0.1) is 13.8 Å². The molecular weight excluding hydrogens is 390 g/mol. The minimum atomic E-state index is 0. The zero-order valence-electron chi connectivity index (χ0n) is 13.5. The Morgan fingerprint density at radius 2 is 1.77 bits per heavy atom. The normalized spacial score (nSPS) is 12.0.